The second-order valence-electron chi connectivity index (χ2n) is 6.33. The normalized spacial score (nSPS) is 13.3. The molecule has 0 fully saturated rings. The van der Waals surface area contributed by atoms with Crippen LogP contribution < -0.4 is 5.32 Å². The van der Waals surface area contributed by atoms with Gasteiger partial charge in [0, 0.05) is 6.54 Å². The molecule has 0 atom stereocenters. The van der Waals surface area contributed by atoms with E-state index in [9.17, 15) is 4.79 Å². The number of nitrogens with one attached hydrogen (secondary N) is 1. The molecule has 0 aromatic rings. The molecule has 0 saturated heterocycles. The van der Waals surface area contributed by atoms with Crippen LogP contribution in [0.1, 0.15) is 48.0 Å². The Morgan fingerprint density at radius 2 is 1.84 bits per heavy atom. The van der Waals surface area contributed by atoms with Gasteiger partial charge in [-0.2, -0.15) is 11.8 Å². The molecular formula is C14H28N2O2S. The highest BCUT2D eigenvalue weighted by atomic mass is 32.2. The SMILES string of the molecule is CSC(C)(C)/C(C)=N/OCC(=O)NCCC(C)(C)C. The first-order valence-corrected chi connectivity index (χ1v) is 7.80. The molecule has 1 amide bonds. The maximum atomic E-state index is 11.5. The number of oxime groups is 1. The van der Waals surface area contributed by atoms with Gasteiger partial charge in [0.05, 0.1) is 10.5 Å². The van der Waals surface area contributed by atoms with Gasteiger partial charge in [0.25, 0.3) is 5.91 Å². The standard InChI is InChI=1S/C14H28N2O2S/c1-11(14(5,6)19-7)16-18-10-12(17)15-9-8-13(2,3)4/h8-10H2,1-7H3,(H,15,17)/b16-11+. The average molecular weight is 288 g/mol. The van der Waals surface area contributed by atoms with Gasteiger partial charge >= 0.3 is 0 Å². The van der Waals surface area contributed by atoms with Crippen LogP contribution in [-0.4, -0.2) is 35.8 Å². The predicted molar refractivity (Wildman–Crippen MR) is 83.7 cm³/mol. The maximum Gasteiger partial charge on any atom is 0.260 e. The predicted octanol–water partition coefficient (Wildman–Crippen LogP) is 3.07. The summed E-state index contributed by atoms with van der Waals surface area (Å²) in [4.78, 5) is 16.6. The maximum absolute atomic E-state index is 11.5. The van der Waals surface area contributed by atoms with Crippen molar-refractivity contribution in [3.8, 4) is 0 Å². The lowest BCUT2D eigenvalue weighted by molar-refractivity contribution is -0.125. The van der Waals surface area contributed by atoms with Crippen molar-refractivity contribution in [3.05, 3.63) is 0 Å². The highest BCUT2D eigenvalue weighted by molar-refractivity contribution is 8.00. The monoisotopic (exact) mass is 288 g/mol. The van der Waals surface area contributed by atoms with E-state index in [1.54, 1.807) is 11.8 Å². The summed E-state index contributed by atoms with van der Waals surface area (Å²) in [5, 5.41) is 6.83. The molecule has 0 aliphatic heterocycles. The fraction of sp³-hybridized carbons (Fsp3) is 0.857. The summed E-state index contributed by atoms with van der Waals surface area (Å²) in [5.41, 5.74) is 1.10. The lowest BCUT2D eigenvalue weighted by atomic mass is 9.92. The van der Waals surface area contributed by atoms with Crippen LogP contribution >= 0.6 is 11.8 Å². The van der Waals surface area contributed by atoms with Crippen molar-refractivity contribution in [2.45, 2.75) is 52.7 Å². The van der Waals surface area contributed by atoms with Crippen LogP contribution in [0.2, 0.25) is 0 Å². The van der Waals surface area contributed by atoms with Gasteiger partial charge in [0.1, 0.15) is 0 Å². The third-order valence-corrected chi connectivity index (χ3v) is 4.29. The third-order valence-electron chi connectivity index (χ3n) is 2.98. The summed E-state index contributed by atoms with van der Waals surface area (Å²) < 4.78 is -0.0668. The van der Waals surface area contributed by atoms with Crippen LogP contribution in [0.5, 0.6) is 0 Å². The van der Waals surface area contributed by atoms with E-state index in [1.165, 1.54) is 0 Å². The Morgan fingerprint density at radius 3 is 2.32 bits per heavy atom. The second kappa shape index (κ2) is 7.78. The number of amides is 1. The van der Waals surface area contributed by atoms with Crippen molar-refractivity contribution in [1.82, 2.24) is 5.32 Å². The average Bonchev–Trinajstić information content (AvgIpc) is 2.27. The summed E-state index contributed by atoms with van der Waals surface area (Å²) in [6.07, 6.45) is 2.97. The lowest BCUT2D eigenvalue weighted by Crippen LogP contribution is -2.30. The van der Waals surface area contributed by atoms with E-state index < -0.39 is 0 Å². The minimum atomic E-state index is -0.122. The quantitative estimate of drug-likeness (QED) is 0.578. The molecule has 0 rings (SSSR count). The number of nitrogens with zero attached hydrogens (tertiary/aromatic N) is 1. The zero-order valence-electron chi connectivity index (χ0n) is 13.3. The van der Waals surface area contributed by atoms with Crippen molar-refractivity contribution in [3.63, 3.8) is 0 Å². The Balaban J connectivity index is 3.95. The summed E-state index contributed by atoms with van der Waals surface area (Å²) in [6.45, 7) is 13.1. The van der Waals surface area contributed by atoms with Crippen LogP contribution in [0.4, 0.5) is 0 Å². The van der Waals surface area contributed by atoms with Gasteiger partial charge in [-0.05, 0) is 38.9 Å². The Hall–Kier alpha value is -0.710. The first-order chi connectivity index (χ1) is 8.58. The molecule has 0 heterocycles. The van der Waals surface area contributed by atoms with E-state index >= 15 is 0 Å². The number of rotatable bonds is 7. The van der Waals surface area contributed by atoms with Gasteiger partial charge in [-0.1, -0.05) is 25.9 Å². The molecule has 0 aliphatic carbocycles. The summed E-state index contributed by atoms with van der Waals surface area (Å²) in [7, 11) is 0. The van der Waals surface area contributed by atoms with Crippen molar-refractivity contribution in [2.24, 2.45) is 10.6 Å². The van der Waals surface area contributed by atoms with E-state index in [-0.39, 0.29) is 22.7 Å². The molecule has 0 spiro atoms. The number of hydrogen-bond acceptors (Lipinski definition) is 4. The smallest absolute Gasteiger partial charge is 0.260 e. The first-order valence-electron chi connectivity index (χ1n) is 6.57. The third kappa shape index (κ3) is 8.92. The minimum Gasteiger partial charge on any atom is -0.386 e. The van der Waals surface area contributed by atoms with Crippen LogP contribution in [0, 0.1) is 5.41 Å². The van der Waals surface area contributed by atoms with Crippen molar-refractivity contribution in [2.75, 3.05) is 19.4 Å². The number of carbonyl (C=O) groups excluding carboxylic acids is 1. The van der Waals surface area contributed by atoms with E-state index in [2.05, 4.69) is 45.1 Å². The molecule has 19 heavy (non-hydrogen) atoms. The van der Waals surface area contributed by atoms with Gasteiger partial charge in [-0.3, -0.25) is 4.79 Å². The Bertz CT molecular complexity index is 320. The van der Waals surface area contributed by atoms with Crippen LogP contribution in [0.3, 0.4) is 0 Å². The Kier molecular flexibility index (Phi) is 7.49. The lowest BCUT2D eigenvalue weighted by Gasteiger charge is -2.20. The summed E-state index contributed by atoms with van der Waals surface area (Å²) in [5.74, 6) is -0.122. The van der Waals surface area contributed by atoms with E-state index in [1.807, 2.05) is 13.2 Å². The fourth-order valence-corrected chi connectivity index (χ4v) is 1.41. The molecule has 0 radical (unpaired) electrons. The summed E-state index contributed by atoms with van der Waals surface area (Å²) >= 11 is 1.70. The molecule has 1 N–H and O–H groups in total. The molecule has 0 unspecified atom stereocenters. The van der Waals surface area contributed by atoms with Gasteiger partial charge in [-0.25, -0.2) is 0 Å². The van der Waals surface area contributed by atoms with E-state index in [4.69, 9.17) is 4.84 Å². The van der Waals surface area contributed by atoms with Crippen molar-refractivity contribution >= 4 is 23.4 Å². The van der Waals surface area contributed by atoms with Gasteiger partial charge in [0.2, 0.25) is 0 Å². The second-order valence-corrected chi connectivity index (χ2v) is 7.75. The molecule has 0 aromatic carbocycles. The summed E-state index contributed by atoms with van der Waals surface area (Å²) in [6, 6.07) is 0. The molecular weight excluding hydrogens is 260 g/mol. The van der Waals surface area contributed by atoms with Gasteiger partial charge in [0.15, 0.2) is 6.61 Å². The first kappa shape index (κ1) is 18.3. The molecule has 112 valence electrons. The van der Waals surface area contributed by atoms with Crippen LogP contribution in [0.15, 0.2) is 5.16 Å². The number of hydrogen-bond donors (Lipinski definition) is 1. The topological polar surface area (TPSA) is 50.7 Å². The minimum absolute atomic E-state index is 0.0219. The molecule has 0 saturated carbocycles. The largest absolute Gasteiger partial charge is 0.386 e. The van der Waals surface area contributed by atoms with Crippen LogP contribution in [-0.2, 0) is 9.63 Å². The zero-order valence-corrected chi connectivity index (χ0v) is 14.1. The van der Waals surface area contributed by atoms with Gasteiger partial charge < -0.3 is 10.2 Å². The van der Waals surface area contributed by atoms with Crippen LogP contribution in [0.25, 0.3) is 0 Å². The van der Waals surface area contributed by atoms with E-state index in [0.29, 0.717) is 6.54 Å². The Morgan fingerprint density at radius 1 is 1.26 bits per heavy atom. The van der Waals surface area contributed by atoms with Crippen molar-refractivity contribution < 1.29 is 9.63 Å². The number of thioether (sulfide) groups is 1. The van der Waals surface area contributed by atoms with Gasteiger partial charge in [-0.15, -0.1) is 0 Å². The molecule has 5 heteroatoms. The van der Waals surface area contributed by atoms with Crippen molar-refractivity contribution in [1.29, 1.82) is 0 Å². The van der Waals surface area contributed by atoms with E-state index in [0.717, 1.165) is 12.1 Å². The number of carbonyl (C=O) groups is 1. The fourth-order valence-electron chi connectivity index (χ4n) is 1.07. The molecule has 0 bridgehead atoms. The highest BCUT2D eigenvalue weighted by Crippen LogP contribution is 2.22. The molecule has 0 aromatic heterocycles. The zero-order chi connectivity index (χ0) is 15.1. The molecule has 0 aliphatic rings. The Labute approximate surface area is 121 Å². The molecule has 4 nitrogen and oxygen atoms in total. The highest BCUT2D eigenvalue weighted by Gasteiger charge is 2.20.